The van der Waals surface area contributed by atoms with Crippen LogP contribution in [0.5, 0.6) is 0 Å². The number of ether oxygens (including phenoxy) is 1. The zero-order valence-corrected chi connectivity index (χ0v) is 12.3. The van der Waals surface area contributed by atoms with E-state index in [9.17, 15) is 9.59 Å². The quantitative estimate of drug-likeness (QED) is 0.614. The normalized spacial score (nSPS) is 22.1. The summed E-state index contributed by atoms with van der Waals surface area (Å²) in [7, 11) is 1.35. The lowest BCUT2D eigenvalue weighted by molar-refractivity contribution is -0.152. The van der Waals surface area contributed by atoms with E-state index in [1.54, 1.807) is 0 Å². The second-order valence-corrected chi connectivity index (χ2v) is 6.73. The van der Waals surface area contributed by atoms with Crippen molar-refractivity contribution in [3.05, 3.63) is 0 Å². The van der Waals surface area contributed by atoms with Gasteiger partial charge in [0.1, 0.15) is 5.41 Å². The van der Waals surface area contributed by atoms with Gasteiger partial charge in [-0.3, -0.25) is 9.59 Å². The van der Waals surface area contributed by atoms with E-state index in [1.807, 2.05) is 0 Å². The largest absolute Gasteiger partial charge is 0.468 e. The SMILES string of the molecule is COC(=O)C1(C(=O)NCC(C)(C)C2CCCC2)CC1. The van der Waals surface area contributed by atoms with Crippen LogP contribution in [0.1, 0.15) is 52.4 Å². The van der Waals surface area contributed by atoms with Gasteiger partial charge in [0.15, 0.2) is 0 Å². The molecule has 4 nitrogen and oxygen atoms in total. The summed E-state index contributed by atoms with van der Waals surface area (Å²) in [6, 6.07) is 0. The topological polar surface area (TPSA) is 55.4 Å². The fourth-order valence-electron chi connectivity index (χ4n) is 3.17. The summed E-state index contributed by atoms with van der Waals surface area (Å²) >= 11 is 0. The third kappa shape index (κ3) is 2.77. The molecule has 2 rings (SSSR count). The Morgan fingerprint density at radius 3 is 2.32 bits per heavy atom. The molecule has 0 bridgehead atoms. The standard InChI is InChI=1S/C15H25NO3/c1-14(2,11-6-4-5-7-11)10-16-12(17)15(8-9-15)13(18)19-3/h11H,4-10H2,1-3H3,(H,16,17). The van der Waals surface area contributed by atoms with E-state index < -0.39 is 5.41 Å². The fourth-order valence-corrected chi connectivity index (χ4v) is 3.17. The van der Waals surface area contributed by atoms with Crippen molar-refractivity contribution in [2.75, 3.05) is 13.7 Å². The first-order chi connectivity index (χ1) is 8.92. The van der Waals surface area contributed by atoms with E-state index in [4.69, 9.17) is 4.74 Å². The molecule has 0 aliphatic heterocycles. The second kappa shape index (κ2) is 5.14. The molecule has 0 aromatic rings. The first-order valence-electron chi connectivity index (χ1n) is 7.29. The van der Waals surface area contributed by atoms with E-state index in [1.165, 1.54) is 32.8 Å². The van der Waals surface area contributed by atoms with Gasteiger partial charge in [-0.15, -0.1) is 0 Å². The molecule has 0 radical (unpaired) electrons. The molecule has 4 heteroatoms. The number of amides is 1. The molecular formula is C15H25NO3. The number of hydrogen-bond donors (Lipinski definition) is 1. The summed E-state index contributed by atoms with van der Waals surface area (Å²) in [5.74, 6) is 0.148. The second-order valence-electron chi connectivity index (χ2n) is 6.73. The molecule has 0 saturated heterocycles. The Balaban J connectivity index is 1.88. The number of rotatable bonds is 5. The van der Waals surface area contributed by atoms with Crippen molar-refractivity contribution >= 4 is 11.9 Å². The summed E-state index contributed by atoms with van der Waals surface area (Å²) in [5, 5.41) is 2.98. The molecule has 0 aromatic heterocycles. The first kappa shape index (κ1) is 14.4. The summed E-state index contributed by atoms with van der Waals surface area (Å²) in [6.45, 7) is 5.07. The van der Waals surface area contributed by atoms with Gasteiger partial charge >= 0.3 is 5.97 Å². The molecule has 0 atom stereocenters. The van der Waals surface area contributed by atoms with Gasteiger partial charge in [-0.1, -0.05) is 26.7 Å². The summed E-state index contributed by atoms with van der Waals surface area (Å²) in [6.07, 6.45) is 6.35. The molecule has 2 aliphatic rings. The molecule has 1 N–H and O–H groups in total. The van der Waals surface area contributed by atoms with Crippen molar-refractivity contribution in [1.82, 2.24) is 5.32 Å². The Bertz CT molecular complexity index is 366. The minimum absolute atomic E-state index is 0.109. The summed E-state index contributed by atoms with van der Waals surface area (Å²) in [5.41, 5.74) is -0.765. The Morgan fingerprint density at radius 2 is 1.84 bits per heavy atom. The van der Waals surface area contributed by atoms with Crippen LogP contribution in [0.25, 0.3) is 0 Å². The van der Waals surface area contributed by atoms with Gasteiger partial charge in [0.25, 0.3) is 0 Å². The van der Waals surface area contributed by atoms with Gasteiger partial charge < -0.3 is 10.1 Å². The third-order valence-electron chi connectivity index (χ3n) is 4.93. The van der Waals surface area contributed by atoms with Crippen LogP contribution in [0.3, 0.4) is 0 Å². The first-order valence-corrected chi connectivity index (χ1v) is 7.29. The highest BCUT2D eigenvalue weighted by Crippen LogP contribution is 2.47. The van der Waals surface area contributed by atoms with Crippen LogP contribution in [0, 0.1) is 16.7 Å². The van der Waals surface area contributed by atoms with Crippen molar-refractivity contribution in [2.45, 2.75) is 52.4 Å². The van der Waals surface area contributed by atoms with Crippen LogP contribution in [0.4, 0.5) is 0 Å². The molecule has 0 aromatic carbocycles. The average Bonchev–Trinajstić information content (AvgIpc) is 3.01. The van der Waals surface area contributed by atoms with Gasteiger partial charge in [0.2, 0.25) is 5.91 Å². The molecule has 0 spiro atoms. The van der Waals surface area contributed by atoms with Crippen LogP contribution >= 0.6 is 0 Å². The third-order valence-corrected chi connectivity index (χ3v) is 4.93. The number of esters is 1. The maximum Gasteiger partial charge on any atom is 0.321 e. The monoisotopic (exact) mass is 267 g/mol. The fraction of sp³-hybridized carbons (Fsp3) is 0.867. The highest BCUT2D eigenvalue weighted by molar-refractivity contribution is 6.05. The van der Waals surface area contributed by atoms with E-state index in [2.05, 4.69) is 19.2 Å². The van der Waals surface area contributed by atoms with Gasteiger partial charge in [-0.25, -0.2) is 0 Å². The maximum absolute atomic E-state index is 12.2. The molecule has 2 saturated carbocycles. The molecule has 108 valence electrons. The number of carbonyl (C=O) groups excluding carboxylic acids is 2. The predicted octanol–water partition coefficient (Wildman–Crippen LogP) is 2.27. The van der Waals surface area contributed by atoms with Crippen LogP contribution in [0.15, 0.2) is 0 Å². The minimum Gasteiger partial charge on any atom is -0.468 e. The molecule has 1 amide bonds. The Hall–Kier alpha value is -1.06. The Labute approximate surface area is 115 Å². The summed E-state index contributed by atoms with van der Waals surface area (Å²) in [4.78, 5) is 23.8. The zero-order valence-electron chi connectivity index (χ0n) is 12.3. The van der Waals surface area contributed by atoms with Gasteiger partial charge in [0, 0.05) is 6.54 Å². The van der Waals surface area contributed by atoms with Crippen LogP contribution in [-0.4, -0.2) is 25.5 Å². The van der Waals surface area contributed by atoms with Crippen molar-refractivity contribution in [3.63, 3.8) is 0 Å². The number of carbonyl (C=O) groups is 2. The number of methoxy groups -OCH3 is 1. The number of nitrogens with one attached hydrogen (secondary N) is 1. The minimum atomic E-state index is -0.874. The average molecular weight is 267 g/mol. The zero-order chi connectivity index (χ0) is 14.1. The lowest BCUT2D eigenvalue weighted by atomic mass is 9.77. The molecule has 2 fully saturated rings. The van der Waals surface area contributed by atoms with Crippen LogP contribution in [0.2, 0.25) is 0 Å². The highest BCUT2D eigenvalue weighted by atomic mass is 16.5. The molecule has 0 unspecified atom stereocenters. The van der Waals surface area contributed by atoms with Gasteiger partial charge in [0.05, 0.1) is 7.11 Å². The van der Waals surface area contributed by atoms with Crippen LogP contribution < -0.4 is 5.32 Å². The van der Waals surface area contributed by atoms with E-state index in [0.717, 1.165) is 0 Å². The lowest BCUT2D eigenvalue weighted by Crippen LogP contribution is -2.43. The molecular weight excluding hydrogens is 242 g/mol. The van der Waals surface area contributed by atoms with Crippen molar-refractivity contribution in [2.24, 2.45) is 16.7 Å². The van der Waals surface area contributed by atoms with Gasteiger partial charge in [-0.2, -0.15) is 0 Å². The predicted molar refractivity (Wildman–Crippen MR) is 72.4 cm³/mol. The van der Waals surface area contributed by atoms with Crippen molar-refractivity contribution in [1.29, 1.82) is 0 Å². The van der Waals surface area contributed by atoms with Gasteiger partial charge in [-0.05, 0) is 37.0 Å². The molecule has 0 heterocycles. The highest BCUT2D eigenvalue weighted by Gasteiger charge is 2.57. The Morgan fingerprint density at radius 1 is 1.26 bits per heavy atom. The lowest BCUT2D eigenvalue weighted by Gasteiger charge is -2.32. The summed E-state index contributed by atoms with van der Waals surface area (Å²) < 4.78 is 4.73. The van der Waals surface area contributed by atoms with Crippen molar-refractivity contribution < 1.29 is 14.3 Å². The number of hydrogen-bond acceptors (Lipinski definition) is 3. The van der Waals surface area contributed by atoms with E-state index in [0.29, 0.717) is 25.3 Å². The van der Waals surface area contributed by atoms with Crippen molar-refractivity contribution in [3.8, 4) is 0 Å². The molecule has 2 aliphatic carbocycles. The van der Waals surface area contributed by atoms with E-state index in [-0.39, 0.29) is 17.3 Å². The maximum atomic E-state index is 12.2. The smallest absolute Gasteiger partial charge is 0.321 e. The molecule has 19 heavy (non-hydrogen) atoms. The van der Waals surface area contributed by atoms with E-state index >= 15 is 0 Å². The van der Waals surface area contributed by atoms with Crippen LogP contribution in [-0.2, 0) is 14.3 Å². The Kier molecular flexibility index (Phi) is 3.88.